The minimum absolute atomic E-state index is 0.0991. The molecule has 9 heteroatoms. The zero-order valence-electron chi connectivity index (χ0n) is 19.4. The number of hydrogen-bond acceptors (Lipinski definition) is 7. The zero-order chi connectivity index (χ0) is 25.1. The summed E-state index contributed by atoms with van der Waals surface area (Å²) in [5.74, 6) is 0.358. The second-order valence-corrected chi connectivity index (χ2v) is 8.52. The van der Waals surface area contributed by atoms with Crippen molar-refractivity contribution in [3.8, 4) is 5.75 Å². The molecular weight excluding hydrogens is 458 g/mol. The average Bonchev–Trinajstić information content (AvgIpc) is 3.37. The number of nitrogens with zero attached hydrogens (tertiary/aromatic N) is 3. The highest BCUT2D eigenvalue weighted by atomic mass is 16.6. The largest absolute Gasteiger partial charge is 0.485 e. The molecule has 180 valence electrons. The van der Waals surface area contributed by atoms with Crippen LogP contribution in [-0.4, -0.2) is 28.9 Å². The van der Waals surface area contributed by atoms with E-state index < -0.39 is 17.0 Å². The van der Waals surface area contributed by atoms with Crippen LogP contribution in [0.3, 0.4) is 0 Å². The number of nitrogens with one attached hydrogen (secondary N) is 2. The summed E-state index contributed by atoms with van der Waals surface area (Å²) in [6.07, 6.45) is 3.00. The summed E-state index contributed by atoms with van der Waals surface area (Å²) in [7, 11) is 0. The number of carbonyl (C=O) groups excluding carboxylic acids is 1. The molecule has 9 nitrogen and oxygen atoms in total. The Kier molecular flexibility index (Phi) is 6.27. The van der Waals surface area contributed by atoms with Gasteiger partial charge >= 0.3 is 0 Å². The first-order valence-electron chi connectivity index (χ1n) is 11.4. The molecule has 3 aromatic rings. The number of anilines is 1. The molecule has 3 aromatic carbocycles. The highest BCUT2D eigenvalue weighted by Crippen LogP contribution is 2.35. The summed E-state index contributed by atoms with van der Waals surface area (Å²) >= 11 is 0. The molecule has 0 bridgehead atoms. The van der Waals surface area contributed by atoms with Crippen LogP contribution in [0, 0.1) is 17.0 Å². The van der Waals surface area contributed by atoms with Gasteiger partial charge in [0.1, 0.15) is 11.9 Å². The van der Waals surface area contributed by atoms with Gasteiger partial charge in [-0.25, -0.2) is 0 Å². The first-order valence-corrected chi connectivity index (χ1v) is 11.4. The fourth-order valence-electron chi connectivity index (χ4n) is 4.08. The topological polar surface area (TPSA) is 118 Å². The fraction of sp³-hybridized carbons (Fsp3) is 0.148. The van der Waals surface area contributed by atoms with E-state index in [1.54, 1.807) is 12.1 Å². The predicted octanol–water partition coefficient (Wildman–Crippen LogP) is 4.70. The van der Waals surface area contributed by atoms with E-state index in [9.17, 15) is 14.9 Å². The van der Waals surface area contributed by atoms with Crippen LogP contribution >= 0.6 is 0 Å². The Balaban J connectivity index is 1.31. The maximum atomic E-state index is 12.6. The molecule has 2 aliphatic rings. The van der Waals surface area contributed by atoms with E-state index in [1.165, 1.54) is 24.4 Å². The second kappa shape index (κ2) is 9.83. The average molecular weight is 482 g/mol. The maximum Gasteiger partial charge on any atom is 0.271 e. The Labute approximate surface area is 207 Å². The van der Waals surface area contributed by atoms with Crippen molar-refractivity contribution >= 4 is 29.2 Å². The van der Waals surface area contributed by atoms with Crippen molar-refractivity contribution in [3.63, 3.8) is 0 Å². The van der Waals surface area contributed by atoms with Crippen LogP contribution in [0.5, 0.6) is 5.75 Å². The number of fused-ring (bicyclic) bond motifs is 1. The molecule has 0 spiro atoms. The molecule has 0 saturated heterocycles. The highest BCUT2D eigenvalue weighted by molar-refractivity contribution is 6.18. The van der Waals surface area contributed by atoms with Gasteiger partial charge in [0.15, 0.2) is 6.17 Å². The van der Waals surface area contributed by atoms with Crippen LogP contribution < -0.4 is 15.5 Å². The molecule has 36 heavy (non-hydrogen) atoms. The Morgan fingerprint density at radius 3 is 2.75 bits per heavy atom. The Bertz CT molecular complexity index is 1410. The number of hydrazone groups is 1. The summed E-state index contributed by atoms with van der Waals surface area (Å²) < 4.78 is 6.26. The zero-order valence-corrected chi connectivity index (χ0v) is 19.4. The van der Waals surface area contributed by atoms with Crippen LogP contribution in [0.1, 0.15) is 29.2 Å². The van der Waals surface area contributed by atoms with Crippen molar-refractivity contribution in [1.82, 2.24) is 5.43 Å². The minimum atomic E-state index is -0.519. The SMILES string of the molecule is Cc1ccc2c(c1)C(=NNC1C=C(C(=O)Nc3cccc([N+](=O)[O-])c3)C=N1)CC(c1ccccc1)O2. The van der Waals surface area contributed by atoms with Gasteiger partial charge in [-0.3, -0.25) is 25.3 Å². The number of carbonyl (C=O) groups is 1. The minimum Gasteiger partial charge on any atom is -0.485 e. The van der Waals surface area contributed by atoms with E-state index in [-0.39, 0.29) is 11.8 Å². The van der Waals surface area contributed by atoms with Gasteiger partial charge in [-0.05, 0) is 36.8 Å². The second-order valence-electron chi connectivity index (χ2n) is 8.52. The Morgan fingerprint density at radius 2 is 1.94 bits per heavy atom. The Morgan fingerprint density at radius 1 is 1.11 bits per heavy atom. The lowest BCUT2D eigenvalue weighted by Gasteiger charge is -2.28. The smallest absolute Gasteiger partial charge is 0.271 e. The molecule has 0 fully saturated rings. The van der Waals surface area contributed by atoms with Crippen LogP contribution in [-0.2, 0) is 4.79 Å². The molecule has 2 unspecified atom stereocenters. The van der Waals surface area contributed by atoms with Gasteiger partial charge in [-0.1, -0.05) is 48.0 Å². The van der Waals surface area contributed by atoms with E-state index in [4.69, 9.17) is 4.74 Å². The van der Waals surface area contributed by atoms with Gasteiger partial charge < -0.3 is 10.1 Å². The van der Waals surface area contributed by atoms with Crippen molar-refractivity contribution < 1.29 is 14.5 Å². The molecule has 0 aliphatic carbocycles. The van der Waals surface area contributed by atoms with Gasteiger partial charge in [-0.15, -0.1) is 0 Å². The molecule has 5 rings (SSSR count). The number of ether oxygens (including phenoxy) is 1. The number of non-ortho nitro benzene ring substituents is 1. The van der Waals surface area contributed by atoms with E-state index in [2.05, 4.69) is 20.8 Å². The lowest BCUT2D eigenvalue weighted by Crippen LogP contribution is -2.26. The quantitative estimate of drug-likeness (QED) is 0.391. The standard InChI is InChI=1S/C27H23N5O4/c1-17-10-11-24-22(12-17)23(15-25(36-24)18-6-3-2-4-7-18)30-31-26-13-19(16-28-26)27(33)29-20-8-5-9-21(14-20)32(34)35/h2-14,16,25-26,31H,15H2,1H3,(H,29,33). The summed E-state index contributed by atoms with van der Waals surface area (Å²) in [6.45, 7) is 2.02. The Hall–Kier alpha value is -4.79. The van der Waals surface area contributed by atoms with E-state index in [0.717, 1.165) is 28.2 Å². The van der Waals surface area contributed by atoms with Crippen LogP contribution in [0.4, 0.5) is 11.4 Å². The monoisotopic (exact) mass is 481 g/mol. The molecule has 2 N–H and O–H groups in total. The normalized spacial score (nSPS) is 19.2. The lowest BCUT2D eigenvalue weighted by atomic mass is 9.94. The van der Waals surface area contributed by atoms with Crippen LogP contribution in [0.25, 0.3) is 0 Å². The molecule has 2 atom stereocenters. The van der Waals surface area contributed by atoms with Crippen molar-refractivity contribution in [2.75, 3.05) is 5.32 Å². The summed E-state index contributed by atoms with van der Waals surface area (Å²) in [4.78, 5) is 27.4. The van der Waals surface area contributed by atoms with Crippen molar-refractivity contribution in [2.24, 2.45) is 10.1 Å². The van der Waals surface area contributed by atoms with Crippen molar-refractivity contribution in [1.29, 1.82) is 0 Å². The third-order valence-electron chi connectivity index (χ3n) is 5.89. The third-order valence-corrected chi connectivity index (χ3v) is 5.89. The van der Waals surface area contributed by atoms with Gasteiger partial charge in [0, 0.05) is 36.0 Å². The maximum absolute atomic E-state index is 12.6. The van der Waals surface area contributed by atoms with E-state index in [1.807, 2.05) is 55.5 Å². The van der Waals surface area contributed by atoms with Crippen LogP contribution in [0.15, 0.2) is 94.5 Å². The number of benzene rings is 3. The highest BCUT2D eigenvalue weighted by Gasteiger charge is 2.27. The van der Waals surface area contributed by atoms with Crippen molar-refractivity contribution in [2.45, 2.75) is 25.6 Å². The first kappa shape index (κ1) is 23.0. The van der Waals surface area contributed by atoms with E-state index >= 15 is 0 Å². The summed E-state index contributed by atoms with van der Waals surface area (Å²) in [6, 6.07) is 21.8. The number of aliphatic imine (C=N–C) groups is 1. The van der Waals surface area contributed by atoms with Crippen LogP contribution in [0.2, 0.25) is 0 Å². The first-order chi connectivity index (χ1) is 17.5. The number of amides is 1. The fourth-order valence-corrected chi connectivity index (χ4v) is 4.08. The number of nitro groups is 1. The van der Waals surface area contributed by atoms with Crippen molar-refractivity contribution in [3.05, 3.63) is 111 Å². The molecule has 1 amide bonds. The molecular formula is C27H23N5O4. The number of aryl methyl sites for hydroxylation is 1. The van der Waals surface area contributed by atoms with Gasteiger partial charge in [0.2, 0.25) is 0 Å². The van der Waals surface area contributed by atoms with Gasteiger partial charge in [0.05, 0.1) is 16.2 Å². The summed E-state index contributed by atoms with van der Waals surface area (Å²) in [5.41, 5.74) is 7.54. The van der Waals surface area contributed by atoms with E-state index in [0.29, 0.717) is 17.7 Å². The molecule has 2 heterocycles. The number of rotatable bonds is 6. The van der Waals surface area contributed by atoms with Gasteiger partial charge in [0.25, 0.3) is 11.6 Å². The third kappa shape index (κ3) is 5.00. The molecule has 0 saturated carbocycles. The number of nitro benzene ring substituents is 1. The molecule has 0 aromatic heterocycles. The molecule has 2 aliphatic heterocycles. The number of hydrogen-bond donors (Lipinski definition) is 2. The summed E-state index contributed by atoms with van der Waals surface area (Å²) in [5, 5.41) is 18.3. The lowest BCUT2D eigenvalue weighted by molar-refractivity contribution is -0.384. The van der Waals surface area contributed by atoms with Gasteiger partial charge in [-0.2, -0.15) is 5.10 Å². The predicted molar refractivity (Wildman–Crippen MR) is 137 cm³/mol. The molecule has 0 radical (unpaired) electrons.